The van der Waals surface area contributed by atoms with Crippen molar-refractivity contribution in [2.24, 2.45) is 0 Å². The minimum atomic E-state index is -0.245. The van der Waals surface area contributed by atoms with Crippen LogP contribution < -0.4 is 5.73 Å². The van der Waals surface area contributed by atoms with E-state index in [0.717, 1.165) is 11.1 Å². The first-order valence-corrected chi connectivity index (χ1v) is 4.22. The van der Waals surface area contributed by atoms with E-state index in [4.69, 9.17) is 5.73 Å². The normalized spacial score (nSPS) is 10.1. The second kappa shape index (κ2) is 3.46. The van der Waals surface area contributed by atoms with Crippen LogP contribution in [-0.2, 0) is 0 Å². The van der Waals surface area contributed by atoms with Gasteiger partial charge in [0.15, 0.2) is 0 Å². The molecule has 0 aliphatic rings. The summed E-state index contributed by atoms with van der Waals surface area (Å²) in [4.78, 5) is 3.96. The van der Waals surface area contributed by atoms with Crippen LogP contribution in [0.2, 0.25) is 0 Å². The number of pyridine rings is 1. The van der Waals surface area contributed by atoms with Crippen molar-refractivity contribution in [3.8, 4) is 11.1 Å². The first kappa shape index (κ1) is 8.69. The van der Waals surface area contributed by atoms with Crippen LogP contribution in [0.4, 0.5) is 10.1 Å². The number of aromatic nitrogens is 1. The highest BCUT2D eigenvalue weighted by Gasteiger charge is 1.98. The molecule has 0 spiro atoms. The monoisotopic (exact) mass is 188 g/mol. The molecule has 70 valence electrons. The first-order chi connectivity index (χ1) is 6.75. The Bertz CT molecular complexity index is 437. The summed E-state index contributed by atoms with van der Waals surface area (Å²) in [6, 6.07) is 8.04. The van der Waals surface area contributed by atoms with Gasteiger partial charge >= 0.3 is 0 Å². The van der Waals surface area contributed by atoms with Crippen LogP contribution >= 0.6 is 0 Å². The van der Waals surface area contributed by atoms with Gasteiger partial charge in [-0.3, -0.25) is 4.98 Å². The third-order valence-corrected chi connectivity index (χ3v) is 1.94. The van der Waals surface area contributed by atoms with Crippen LogP contribution in [0.15, 0.2) is 42.7 Å². The zero-order chi connectivity index (χ0) is 9.97. The molecule has 3 heteroatoms. The molecular weight excluding hydrogens is 179 g/mol. The largest absolute Gasteiger partial charge is 0.397 e. The van der Waals surface area contributed by atoms with Gasteiger partial charge in [0, 0.05) is 18.0 Å². The number of anilines is 1. The smallest absolute Gasteiger partial charge is 0.123 e. The van der Waals surface area contributed by atoms with Gasteiger partial charge in [-0.05, 0) is 23.8 Å². The van der Waals surface area contributed by atoms with E-state index in [1.807, 2.05) is 0 Å². The van der Waals surface area contributed by atoms with Gasteiger partial charge in [-0.1, -0.05) is 12.1 Å². The van der Waals surface area contributed by atoms with Gasteiger partial charge in [0.1, 0.15) is 5.82 Å². The minimum absolute atomic E-state index is 0.245. The second-order valence-corrected chi connectivity index (χ2v) is 3.01. The van der Waals surface area contributed by atoms with E-state index in [1.54, 1.807) is 30.6 Å². The summed E-state index contributed by atoms with van der Waals surface area (Å²) < 4.78 is 12.6. The maximum absolute atomic E-state index is 12.6. The number of nitrogen functional groups attached to an aromatic ring is 1. The predicted octanol–water partition coefficient (Wildman–Crippen LogP) is 2.47. The zero-order valence-electron chi connectivity index (χ0n) is 7.44. The number of benzene rings is 1. The summed E-state index contributed by atoms with van der Waals surface area (Å²) in [6.07, 6.45) is 3.27. The topological polar surface area (TPSA) is 38.9 Å². The molecule has 2 aromatic rings. The summed E-state index contributed by atoms with van der Waals surface area (Å²) in [6.45, 7) is 0. The lowest BCUT2D eigenvalue weighted by molar-refractivity contribution is 0.628. The lowest BCUT2D eigenvalue weighted by Crippen LogP contribution is -1.87. The Morgan fingerprint density at radius 3 is 2.36 bits per heavy atom. The summed E-state index contributed by atoms with van der Waals surface area (Å²) in [5, 5.41) is 0. The maximum atomic E-state index is 12.6. The van der Waals surface area contributed by atoms with Gasteiger partial charge < -0.3 is 5.73 Å². The molecule has 0 radical (unpaired) electrons. The van der Waals surface area contributed by atoms with Crippen LogP contribution in [0.5, 0.6) is 0 Å². The molecule has 0 atom stereocenters. The quantitative estimate of drug-likeness (QED) is 0.746. The molecule has 2 N–H and O–H groups in total. The molecule has 14 heavy (non-hydrogen) atoms. The van der Waals surface area contributed by atoms with Gasteiger partial charge in [-0.25, -0.2) is 4.39 Å². The Morgan fingerprint density at radius 2 is 1.71 bits per heavy atom. The molecule has 1 heterocycles. The highest BCUT2D eigenvalue weighted by atomic mass is 19.1. The fourth-order valence-electron chi connectivity index (χ4n) is 1.26. The van der Waals surface area contributed by atoms with Crippen molar-refractivity contribution in [1.29, 1.82) is 0 Å². The fraction of sp³-hybridized carbons (Fsp3) is 0. The molecule has 0 aliphatic heterocycles. The van der Waals surface area contributed by atoms with Crippen molar-refractivity contribution in [2.45, 2.75) is 0 Å². The molecule has 1 aromatic heterocycles. The van der Waals surface area contributed by atoms with Gasteiger partial charge in [0.25, 0.3) is 0 Å². The Kier molecular flexibility index (Phi) is 2.14. The number of nitrogens with zero attached hydrogens (tertiary/aromatic N) is 1. The molecule has 0 unspecified atom stereocenters. The van der Waals surface area contributed by atoms with Gasteiger partial charge in [-0.15, -0.1) is 0 Å². The van der Waals surface area contributed by atoms with Crippen molar-refractivity contribution < 1.29 is 4.39 Å². The maximum Gasteiger partial charge on any atom is 0.123 e. The zero-order valence-corrected chi connectivity index (χ0v) is 7.44. The molecule has 2 nitrogen and oxygen atoms in total. The van der Waals surface area contributed by atoms with Gasteiger partial charge in [0.2, 0.25) is 0 Å². The van der Waals surface area contributed by atoms with Crippen molar-refractivity contribution in [1.82, 2.24) is 4.98 Å². The van der Waals surface area contributed by atoms with Crippen LogP contribution in [0.3, 0.4) is 0 Å². The summed E-state index contributed by atoms with van der Waals surface area (Å²) in [5.74, 6) is -0.245. The Labute approximate surface area is 81.2 Å². The summed E-state index contributed by atoms with van der Waals surface area (Å²) in [7, 11) is 0. The third-order valence-electron chi connectivity index (χ3n) is 1.94. The minimum Gasteiger partial charge on any atom is -0.397 e. The van der Waals surface area contributed by atoms with E-state index in [9.17, 15) is 4.39 Å². The molecule has 1 aromatic carbocycles. The molecule has 2 rings (SSSR count). The Morgan fingerprint density at radius 1 is 1.00 bits per heavy atom. The number of rotatable bonds is 1. The van der Waals surface area contributed by atoms with E-state index >= 15 is 0 Å². The average molecular weight is 188 g/mol. The molecule has 0 bridgehead atoms. The van der Waals surface area contributed by atoms with E-state index in [2.05, 4.69) is 4.98 Å². The van der Waals surface area contributed by atoms with E-state index in [1.165, 1.54) is 12.1 Å². The van der Waals surface area contributed by atoms with E-state index in [0.29, 0.717) is 5.69 Å². The van der Waals surface area contributed by atoms with Gasteiger partial charge in [0.05, 0.1) is 5.69 Å². The van der Waals surface area contributed by atoms with Crippen LogP contribution in [-0.4, -0.2) is 4.98 Å². The molecular formula is C11H9FN2. The molecule has 0 saturated carbocycles. The number of nitrogens with two attached hydrogens (primary N) is 1. The molecule has 0 amide bonds. The van der Waals surface area contributed by atoms with Crippen LogP contribution in [0, 0.1) is 5.82 Å². The second-order valence-electron chi connectivity index (χ2n) is 3.01. The van der Waals surface area contributed by atoms with Gasteiger partial charge in [-0.2, -0.15) is 0 Å². The number of hydrogen-bond donors (Lipinski definition) is 1. The van der Waals surface area contributed by atoms with Crippen LogP contribution in [0.25, 0.3) is 11.1 Å². The van der Waals surface area contributed by atoms with E-state index < -0.39 is 0 Å². The van der Waals surface area contributed by atoms with Crippen molar-refractivity contribution in [2.75, 3.05) is 5.73 Å². The number of halogens is 1. The first-order valence-electron chi connectivity index (χ1n) is 4.22. The SMILES string of the molecule is Nc1cncc(-c2ccc(F)cc2)c1. The lowest BCUT2D eigenvalue weighted by Gasteiger charge is -2.01. The van der Waals surface area contributed by atoms with E-state index in [-0.39, 0.29) is 5.82 Å². The predicted molar refractivity (Wildman–Crippen MR) is 54.0 cm³/mol. The fourth-order valence-corrected chi connectivity index (χ4v) is 1.26. The standard InChI is InChI=1S/C11H9FN2/c12-10-3-1-8(2-4-10)9-5-11(13)7-14-6-9/h1-7H,13H2. The highest BCUT2D eigenvalue weighted by Crippen LogP contribution is 2.20. The lowest BCUT2D eigenvalue weighted by atomic mass is 10.1. The van der Waals surface area contributed by atoms with Crippen molar-refractivity contribution in [3.63, 3.8) is 0 Å². The Hall–Kier alpha value is -1.90. The molecule has 0 saturated heterocycles. The van der Waals surface area contributed by atoms with Crippen molar-refractivity contribution >= 4 is 5.69 Å². The van der Waals surface area contributed by atoms with Crippen LogP contribution in [0.1, 0.15) is 0 Å². The average Bonchev–Trinajstić information content (AvgIpc) is 2.19. The Balaban J connectivity index is 2.44. The third kappa shape index (κ3) is 1.71. The molecule has 0 aliphatic carbocycles. The summed E-state index contributed by atoms with van der Waals surface area (Å²) in [5.41, 5.74) is 7.99. The highest BCUT2D eigenvalue weighted by molar-refractivity contribution is 5.65. The molecule has 0 fully saturated rings. The van der Waals surface area contributed by atoms with Crippen molar-refractivity contribution in [3.05, 3.63) is 48.5 Å². The summed E-state index contributed by atoms with van der Waals surface area (Å²) >= 11 is 0. The number of hydrogen-bond acceptors (Lipinski definition) is 2.